The number of carbonyl (C=O) groups is 1. The van der Waals surface area contributed by atoms with Crippen LogP contribution in [0.2, 0.25) is 0 Å². The van der Waals surface area contributed by atoms with Crippen molar-refractivity contribution in [3.05, 3.63) is 35.4 Å². The highest BCUT2D eigenvalue weighted by atomic mass is 16.6. The Hall–Kier alpha value is -1.64. The zero-order valence-electron chi connectivity index (χ0n) is 8.57. The first-order valence-electron chi connectivity index (χ1n) is 4.35. The van der Waals surface area contributed by atoms with Crippen molar-refractivity contribution in [3.63, 3.8) is 0 Å². The Kier molecular flexibility index (Phi) is 3.40. The quantitative estimate of drug-likeness (QED) is 0.541. The number of Topliss-reactive ketones (excluding diaryl/α,β-unsaturated/α-hetero) is 1. The molecule has 0 unspecified atom stereocenters. The molecule has 0 aromatic heterocycles. The highest BCUT2D eigenvalue weighted by Crippen LogP contribution is 2.09. The van der Waals surface area contributed by atoms with Gasteiger partial charge in [-0.1, -0.05) is 29.4 Å². The van der Waals surface area contributed by atoms with E-state index in [0.29, 0.717) is 5.71 Å². The summed E-state index contributed by atoms with van der Waals surface area (Å²) >= 11 is 0. The molecule has 0 atom stereocenters. The van der Waals surface area contributed by atoms with Gasteiger partial charge in [0.25, 0.3) is 0 Å². The molecule has 0 aliphatic carbocycles. The van der Waals surface area contributed by atoms with Crippen LogP contribution in [0.5, 0.6) is 0 Å². The first kappa shape index (κ1) is 10.4. The minimum Gasteiger partial charge on any atom is -0.399 e. The highest BCUT2D eigenvalue weighted by molar-refractivity contribution is 6.45. The summed E-state index contributed by atoms with van der Waals surface area (Å²) in [5, 5.41) is 3.72. The van der Waals surface area contributed by atoms with Crippen molar-refractivity contribution < 1.29 is 9.63 Å². The van der Waals surface area contributed by atoms with Gasteiger partial charge < -0.3 is 4.84 Å². The summed E-state index contributed by atoms with van der Waals surface area (Å²) in [5.41, 5.74) is 2.20. The van der Waals surface area contributed by atoms with E-state index >= 15 is 0 Å². The van der Waals surface area contributed by atoms with Gasteiger partial charge in [0.05, 0.1) is 0 Å². The van der Waals surface area contributed by atoms with Crippen LogP contribution in [-0.4, -0.2) is 18.6 Å². The standard InChI is InChI=1S/C11H13NO2/c1-8-6-4-5-7-10(8)11(9(2)13)12-14-3/h4-7H,1-3H3/b12-11-. The van der Waals surface area contributed by atoms with Crippen molar-refractivity contribution in [1.82, 2.24) is 0 Å². The molecule has 0 radical (unpaired) electrons. The number of rotatable bonds is 3. The molecule has 3 heteroatoms. The minimum absolute atomic E-state index is 0.0962. The van der Waals surface area contributed by atoms with E-state index in [1.165, 1.54) is 14.0 Å². The average molecular weight is 191 g/mol. The highest BCUT2D eigenvalue weighted by Gasteiger charge is 2.11. The van der Waals surface area contributed by atoms with E-state index in [1.54, 1.807) is 0 Å². The van der Waals surface area contributed by atoms with Crippen molar-refractivity contribution in [3.8, 4) is 0 Å². The molecule has 1 aromatic rings. The molecule has 14 heavy (non-hydrogen) atoms. The molecule has 0 aliphatic heterocycles. The molecule has 0 amide bonds. The van der Waals surface area contributed by atoms with Gasteiger partial charge in [-0.05, 0) is 12.5 Å². The second-order valence-corrected chi connectivity index (χ2v) is 2.99. The Morgan fingerprint density at radius 2 is 2.00 bits per heavy atom. The molecule has 0 saturated heterocycles. The Morgan fingerprint density at radius 3 is 2.50 bits per heavy atom. The van der Waals surface area contributed by atoms with E-state index in [2.05, 4.69) is 9.99 Å². The van der Waals surface area contributed by atoms with Crippen LogP contribution in [0.15, 0.2) is 29.4 Å². The first-order valence-corrected chi connectivity index (χ1v) is 4.35. The zero-order valence-corrected chi connectivity index (χ0v) is 8.57. The van der Waals surface area contributed by atoms with Crippen molar-refractivity contribution in [2.75, 3.05) is 7.11 Å². The number of ketones is 1. The number of nitrogens with zero attached hydrogens (tertiary/aromatic N) is 1. The Bertz CT molecular complexity index is 369. The molecule has 0 bridgehead atoms. The molecule has 0 fully saturated rings. The van der Waals surface area contributed by atoms with E-state index in [9.17, 15) is 4.79 Å². The Balaban J connectivity index is 3.19. The number of aryl methyl sites for hydroxylation is 1. The van der Waals surface area contributed by atoms with E-state index in [0.717, 1.165) is 11.1 Å². The van der Waals surface area contributed by atoms with E-state index in [4.69, 9.17) is 0 Å². The summed E-state index contributed by atoms with van der Waals surface area (Å²) in [6.45, 7) is 3.41. The third kappa shape index (κ3) is 2.19. The summed E-state index contributed by atoms with van der Waals surface area (Å²) in [5.74, 6) is -0.0962. The lowest BCUT2D eigenvalue weighted by Crippen LogP contribution is -2.13. The maximum atomic E-state index is 11.3. The lowest BCUT2D eigenvalue weighted by Gasteiger charge is -2.04. The molecule has 74 valence electrons. The summed E-state index contributed by atoms with van der Waals surface area (Å²) < 4.78 is 0. The van der Waals surface area contributed by atoms with Crippen LogP contribution in [0.3, 0.4) is 0 Å². The molecule has 1 aromatic carbocycles. The Morgan fingerprint density at radius 1 is 1.36 bits per heavy atom. The second kappa shape index (κ2) is 4.56. The van der Waals surface area contributed by atoms with Crippen LogP contribution >= 0.6 is 0 Å². The van der Waals surface area contributed by atoms with Gasteiger partial charge in [-0.15, -0.1) is 0 Å². The fourth-order valence-corrected chi connectivity index (χ4v) is 1.23. The summed E-state index contributed by atoms with van der Waals surface area (Å²) in [6, 6.07) is 7.58. The summed E-state index contributed by atoms with van der Waals surface area (Å²) in [7, 11) is 1.43. The first-order chi connectivity index (χ1) is 6.66. The minimum atomic E-state index is -0.0962. The molecule has 3 nitrogen and oxygen atoms in total. The van der Waals surface area contributed by atoms with Gasteiger partial charge in [-0.2, -0.15) is 0 Å². The molecule has 0 N–H and O–H groups in total. The molecule has 0 saturated carbocycles. The van der Waals surface area contributed by atoms with Gasteiger partial charge in [0.1, 0.15) is 7.11 Å². The summed E-state index contributed by atoms with van der Waals surface area (Å²) in [4.78, 5) is 15.9. The number of carbonyl (C=O) groups excluding carboxylic acids is 1. The van der Waals surface area contributed by atoms with Crippen LogP contribution < -0.4 is 0 Å². The van der Waals surface area contributed by atoms with Crippen molar-refractivity contribution >= 4 is 11.5 Å². The van der Waals surface area contributed by atoms with E-state index in [-0.39, 0.29) is 5.78 Å². The number of oxime groups is 1. The smallest absolute Gasteiger partial charge is 0.182 e. The average Bonchev–Trinajstić information content (AvgIpc) is 2.15. The number of benzene rings is 1. The van der Waals surface area contributed by atoms with Gasteiger partial charge in [0.2, 0.25) is 0 Å². The van der Waals surface area contributed by atoms with Crippen LogP contribution in [0, 0.1) is 6.92 Å². The zero-order chi connectivity index (χ0) is 10.6. The lowest BCUT2D eigenvalue weighted by molar-refractivity contribution is -0.111. The van der Waals surface area contributed by atoms with Gasteiger partial charge in [-0.25, -0.2) is 0 Å². The van der Waals surface area contributed by atoms with Gasteiger partial charge in [-0.3, -0.25) is 4.79 Å². The molecule has 1 rings (SSSR count). The fourth-order valence-electron chi connectivity index (χ4n) is 1.23. The van der Waals surface area contributed by atoms with Gasteiger partial charge in [0, 0.05) is 12.5 Å². The number of hydrogen-bond acceptors (Lipinski definition) is 3. The van der Waals surface area contributed by atoms with E-state index < -0.39 is 0 Å². The van der Waals surface area contributed by atoms with E-state index in [1.807, 2.05) is 31.2 Å². The third-order valence-electron chi connectivity index (χ3n) is 1.92. The topological polar surface area (TPSA) is 38.7 Å². The monoisotopic (exact) mass is 191 g/mol. The van der Waals surface area contributed by atoms with Crippen LogP contribution in [0.1, 0.15) is 18.1 Å². The predicted molar refractivity (Wildman–Crippen MR) is 55.4 cm³/mol. The van der Waals surface area contributed by atoms with Gasteiger partial charge in [0.15, 0.2) is 11.5 Å². The lowest BCUT2D eigenvalue weighted by atomic mass is 10.0. The molecular formula is C11H13NO2. The maximum Gasteiger partial charge on any atom is 0.182 e. The SMILES string of the molecule is CO/N=C(/C(C)=O)c1ccccc1C. The van der Waals surface area contributed by atoms with Gasteiger partial charge >= 0.3 is 0 Å². The maximum absolute atomic E-state index is 11.3. The fraction of sp³-hybridized carbons (Fsp3) is 0.273. The normalized spacial score (nSPS) is 11.2. The third-order valence-corrected chi connectivity index (χ3v) is 1.92. The molecule has 0 aliphatic rings. The van der Waals surface area contributed by atoms with Crippen LogP contribution in [0.4, 0.5) is 0 Å². The van der Waals surface area contributed by atoms with Crippen molar-refractivity contribution in [2.24, 2.45) is 5.16 Å². The van der Waals surface area contributed by atoms with Crippen molar-refractivity contribution in [1.29, 1.82) is 0 Å². The molecular weight excluding hydrogens is 178 g/mol. The van der Waals surface area contributed by atoms with Crippen LogP contribution in [-0.2, 0) is 9.63 Å². The second-order valence-electron chi connectivity index (χ2n) is 2.99. The van der Waals surface area contributed by atoms with Crippen molar-refractivity contribution in [2.45, 2.75) is 13.8 Å². The largest absolute Gasteiger partial charge is 0.399 e. The molecule has 0 heterocycles. The number of hydrogen-bond donors (Lipinski definition) is 0. The molecule has 0 spiro atoms. The Labute approximate surface area is 83.4 Å². The predicted octanol–water partition coefficient (Wildman–Crippen LogP) is 1.93. The van der Waals surface area contributed by atoms with Crippen LogP contribution in [0.25, 0.3) is 0 Å². The summed E-state index contributed by atoms with van der Waals surface area (Å²) in [6.07, 6.45) is 0.